The van der Waals surface area contributed by atoms with Crippen LogP contribution in [-0.2, 0) is 0 Å². The van der Waals surface area contributed by atoms with E-state index in [4.69, 9.17) is 5.73 Å². The topological polar surface area (TPSA) is 63.8 Å². The van der Waals surface area contributed by atoms with Gasteiger partial charge in [0.15, 0.2) is 0 Å². The molecule has 0 amide bonds. The van der Waals surface area contributed by atoms with E-state index in [0.29, 0.717) is 6.54 Å². The third kappa shape index (κ3) is 1.61. The van der Waals surface area contributed by atoms with Crippen molar-refractivity contribution in [1.29, 1.82) is 0 Å². The standard InChI is InChI=1S/C8H10N4S/c9-2-4-11-8-6-5-12-13-7(6)1-3-10-8/h1,3,5H,2,4,9H2,(H,10,11). The number of nitrogens with two attached hydrogens (primary N) is 1. The molecule has 0 fully saturated rings. The summed E-state index contributed by atoms with van der Waals surface area (Å²) >= 11 is 1.47. The molecule has 0 unspecified atom stereocenters. The van der Waals surface area contributed by atoms with Gasteiger partial charge in [-0.2, -0.15) is 4.37 Å². The minimum atomic E-state index is 0.607. The van der Waals surface area contributed by atoms with Crippen LogP contribution in [0.4, 0.5) is 5.82 Å². The average molecular weight is 194 g/mol. The molecule has 0 aliphatic heterocycles. The van der Waals surface area contributed by atoms with E-state index in [1.54, 1.807) is 6.20 Å². The Morgan fingerprint density at radius 3 is 3.31 bits per heavy atom. The molecule has 4 nitrogen and oxygen atoms in total. The van der Waals surface area contributed by atoms with Gasteiger partial charge in [-0.05, 0) is 17.6 Å². The molecule has 0 atom stereocenters. The highest BCUT2D eigenvalue weighted by Crippen LogP contribution is 2.22. The monoisotopic (exact) mass is 194 g/mol. The van der Waals surface area contributed by atoms with Gasteiger partial charge in [0.2, 0.25) is 0 Å². The molecule has 0 aliphatic rings. The predicted molar refractivity (Wildman–Crippen MR) is 55.0 cm³/mol. The zero-order chi connectivity index (χ0) is 9.10. The minimum absolute atomic E-state index is 0.607. The van der Waals surface area contributed by atoms with Crippen LogP contribution in [0.3, 0.4) is 0 Å². The van der Waals surface area contributed by atoms with Crippen LogP contribution in [0.2, 0.25) is 0 Å². The Balaban J connectivity index is 2.37. The molecular formula is C8H10N4S. The smallest absolute Gasteiger partial charge is 0.136 e. The SMILES string of the molecule is NCCNc1nccc2sncc12. The molecule has 0 radical (unpaired) electrons. The van der Waals surface area contributed by atoms with Crippen molar-refractivity contribution in [1.82, 2.24) is 9.36 Å². The normalized spacial score (nSPS) is 10.5. The summed E-state index contributed by atoms with van der Waals surface area (Å²) in [5.41, 5.74) is 5.39. The molecule has 2 rings (SSSR count). The van der Waals surface area contributed by atoms with Crippen LogP contribution in [0.15, 0.2) is 18.5 Å². The molecule has 0 saturated carbocycles. The van der Waals surface area contributed by atoms with Crippen LogP contribution in [0.25, 0.3) is 10.1 Å². The first kappa shape index (κ1) is 8.40. The van der Waals surface area contributed by atoms with Crippen LogP contribution in [-0.4, -0.2) is 22.4 Å². The Kier molecular flexibility index (Phi) is 2.37. The lowest BCUT2D eigenvalue weighted by atomic mass is 10.3. The van der Waals surface area contributed by atoms with Gasteiger partial charge in [-0.15, -0.1) is 0 Å². The van der Waals surface area contributed by atoms with E-state index >= 15 is 0 Å². The maximum Gasteiger partial charge on any atom is 0.136 e. The number of fused-ring (bicyclic) bond motifs is 1. The molecule has 0 spiro atoms. The number of pyridine rings is 1. The largest absolute Gasteiger partial charge is 0.368 e. The number of rotatable bonds is 3. The zero-order valence-electron chi connectivity index (χ0n) is 7.03. The number of aromatic nitrogens is 2. The van der Waals surface area contributed by atoms with Gasteiger partial charge in [-0.3, -0.25) is 0 Å². The van der Waals surface area contributed by atoms with Gasteiger partial charge in [0.1, 0.15) is 5.82 Å². The molecule has 5 heteroatoms. The van der Waals surface area contributed by atoms with Gasteiger partial charge in [0.25, 0.3) is 0 Å². The van der Waals surface area contributed by atoms with Crippen molar-refractivity contribution in [2.24, 2.45) is 5.73 Å². The lowest BCUT2D eigenvalue weighted by molar-refractivity contribution is 1.02. The number of nitrogens with one attached hydrogen (secondary N) is 1. The van der Waals surface area contributed by atoms with Gasteiger partial charge in [-0.1, -0.05) is 0 Å². The summed E-state index contributed by atoms with van der Waals surface area (Å²) in [4.78, 5) is 4.22. The molecule has 0 bridgehead atoms. The summed E-state index contributed by atoms with van der Waals surface area (Å²) in [5, 5.41) is 4.22. The van der Waals surface area contributed by atoms with Crippen molar-refractivity contribution in [2.45, 2.75) is 0 Å². The van der Waals surface area contributed by atoms with Crippen molar-refractivity contribution in [2.75, 3.05) is 18.4 Å². The van der Waals surface area contributed by atoms with E-state index in [-0.39, 0.29) is 0 Å². The van der Waals surface area contributed by atoms with Crippen molar-refractivity contribution in [3.8, 4) is 0 Å². The Morgan fingerprint density at radius 1 is 1.54 bits per heavy atom. The Labute approximate surface area is 80.0 Å². The van der Waals surface area contributed by atoms with Crippen molar-refractivity contribution >= 4 is 27.4 Å². The summed E-state index contributed by atoms with van der Waals surface area (Å²) in [5.74, 6) is 0.872. The quantitative estimate of drug-likeness (QED) is 0.767. The molecule has 13 heavy (non-hydrogen) atoms. The third-order valence-electron chi connectivity index (χ3n) is 1.72. The molecule has 2 aromatic rings. The Bertz CT molecular complexity index is 398. The van der Waals surface area contributed by atoms with Crippen LogP contribution in [0, 0.1) is 0 Å². The summed E-state index contributed by atoms with van der Waals surface area (Å²) in [6.45, 7) is 1.34. The first-order valence-electron chi connectivity index (χ1n) is 4.05. The summed E-state index contributed by atoms with van der Waals surface area (Å²) in [7, 11) is 0. The maximum atomic E-state index is 5.39. The predicted octanol–water partition coefficient (Wildman–Crippen LogP) is 1.06. The number of anilines is 1. The van der Waals surface area contributed by atoms with Crippen LogP contribution in [0.5, 0.6) is 0 Å². The van der Waals surface area contributed by atoms with E-state index < -0.39 is 0 Å². The number of hydrogen-bond donors (Lipinski definition) is 2. The summed E-state index contributed by atoms with van der Waals surface area (Å²) in [6.07, 6.45) is 3.60. The van der Waals surface area contributed by atoms with Gasteiger partial charge in [0, 0.05) is 19.3 Å². The molecular weight excluding hydrogens is 184 g/mol. The Hall–Kier alpha value is -1.20. The lowest BCUT2D eigenvalue weighted by Gasteiger charge is -2.03. The molecule has 2 aromatic heterocycles. The maximum absolute atomic E-state index is 5.39. The first-order valence-corrected chi connectivity index (χ1v) is 4.82. The fraction of sp³-hybridized carbons (Fsp3) is 0.250. The van der Waals surface area contributed by atoms with E-state index in [1.165, 1.54) is 11.5 Å². The second kappa shape index (κ2) is 3.68. The van der Waals surface area contributed by atoms with Crippen molar-refractivity contribution in [3.05, 3.63) is 18.5 Å². The molecule has 2 heterocycles. The average Bonchev–Trinajstić information content (AvgIpc) is 2.62. The van der Waals surface area contributed by atoms with E-state index in [1.807, 2.05) is 12.3 Å². The van der Waals surface area contributed by atoms with Gasteiger partial charge < -0.3 is 11.1 Å². The highest BCUT2D eigenvalue weighted by Gasteiger charge is 2.02. The zero-order valence-corrected chi connectivity index (χ0v) is 7.84. The van der Waals surface area contributed by atoms with Gasteiger partial charge in [-0.25, -0.2) is 4.98 Å². The lowest BCUT2D eigenvalue weighted by Crippen LogP contribution is -2.13. The second-order valence-electron chi connectivity index (χ2n) is 2.61. The summed E-state index contributed by atoms with van der Waals surface area (Å²) in [6, 6.07) is 1.96. The van der Waals surface area contributed by atoms with Gasteiger partial charge >= 0.3 is 0 Å². The first-order chi connectivity index (χ1) is 6.42. The van der Waals surface area contributed by atoms with E-state index in [9.17, 15) is 0 Å². The number of nitrogens with zero attached hydrogens (tertiary/aromatic N) is 2. The molecule has 0 aliphatic carbocycles. The molecule has 0 aromatic carbocycles. The molecule has 3 N–H and O–H groups in total. The second-order valence-corrected chi connectivity index (χ2v) is 3.45. The van der Waals surface area contributed by atoms with Crippen LogP contribution in [0.1, 0.15) is 0 Å². The van der Waals surface area contributed by atoms with E-state index in [0.717, 1.165) is 22.4 Å². The number of hydrogen-bond acceptors (Lipinski definition) is 5. The highest BCUT2D eigenvalue weighted by atomic mass is 32.1. The van der Waals surface area contributed by atoms with E-state index in [2.05, 4.69) is 14.7 Å². The fourth-order valence-electron chi connectivity index (χ4n) is 1.13. The summed E-state index contributed by atoms with van der Waals surface area (Å²) < 4.78 is 5.25. The van der Waals surface area contributed by atoms with Crippen molar-refractivity contribution < 1.29 is 0 Å². The fourth-order valence-corrected chi connectivity index (χ4v) is 1.77. The van der Waals surface area contributed by atoms with Crippen LogP contribution < -0.4 is 11.1 Å². The highest BCUT2D eigenvalue weighted by molar-refractivity contribution is 7.13. The minimum Gasteiger partial charge on any atom is -0.368 e. The molecule has 68 valence electrons. The van der Waals surface area contributed by atoms with Gasteiger partial charge in [0.05, 0.1) is 16.3 Å². The van der Waals surface area contributed by atoms with Crippen molar-refractivity contribution in [3.63, 3.8) is 0 Å². The third-order valence-corrected chi connectivity index (χ3v) is 2.48. The Morgan fingerprint density at radius 2 is 2.46 bits per heavy atom. The molecule has 0 saturated heterocycles. The van der Waals surface area contributed by atoms with Crippen LogP contribution >= 0.6 is 11.5 Å².